The molecule has 5 aromatic rings. The normalized spacial score (nSPS) is 11.1. The summed E-state index contributed by atoms with van der Waals surface area (Å²) in [5.74, 6) is 0.496. The zero-order chi connectivity index (χ0) is 22.9. The van der Waals surface area contributed by atoms with Crippen molar-refractivity contribution in [2.45, 2.75) is 20.8 Å². The van der Waals surface area contributed by atoms with Crippen LogP contribution in [0.15, 0.2) is 72.8 Å². The Bertz CT molecular complexity index is 1500. The molecule has 0 spiro atoms. The highest BCUT2D eigenvalue weighted by Gasteiger charge is 2.13. The SMILES string of the molecule is Cc1cc2nn(-c3cccc4ccccc34)nc2cc1NC(=O)COc1cccc(C)c1C. The van der Waals surface area contributed by atoms with Crippen molar-refractivity contribution in [2.75, 3.05) is 11.9 Å². The molecule has 1 amide bonds. The van der Waals surface area contributed by atoms with Crippen molar-refractivity contribution in [3.05, 3.63) is 89.5 Å². The van der Waals surface area contributed by atoms with Gasteiger partial charge in [-0.1, -0.05) is 48.5 Å². The number of aryl methyl sites for hydroxylation is 2. The van der Waals surface area contributed by atoms with E-state index in [1.165, 1.54) is 0 Å². The van der Waals surface area contributed by atoms with Gasteiger partial charge in [-0.3, -0.25) is 4.79 Å². The largest absolute Gasteiger partial charge is 0.483 e. The highest BCUT2D eigenvalue weighted by atomic mass is 16.5. The number of rotatable bonds is 5. The number of benzene rings is 4. The molecular formula is C27H24N4O2. The summed E-state index contributed by atoms with van der Waals surface area (Å²) in [6.07, 6.45) is 0. The van der Waals surface area contributed by atoms with Crippen LogP contribution in [0.5, 0.6) is 5.75 Å². The van der Waals surface area contributed by atoms with Crippen LogP contribution in [0.2, 0.25) is 0 Å². The quantitative estimate of drug-likeness (QED) is 0.394. The molecule has 4 aromatic carbocycles. The van der Waals surface area contributed by atoms with Gasteiger partial charge >= 0.3 is 0 Å². The van der Waals surface area contributed by atoms with Crippen molar-refractivity contribution in [3.63, 3.8) is 0 Å². The Kier molecular flexibility index (Phi) is 5.26. The topological polar surface area (TPSA) is 69.0 Å². The maximum atomic E-state index is 12.6. The molecule has 0 aliphatic carbocycles. The maximum absolute atomic E-state index is 12.6. The number of hydrogen-bond acceptors (Lipinski definition) is 4. The van der Waals surface area contributed by atoms with Crippen molar-refractivity contribution in [1.82, 2.24) is 15.0 Å². The van der Waals surface area contributed by atoms with Crippen LogP contribution >= 0.6 is 0 Å². The van der Waals surface area contributed by atoms with Gasteiger partial charge in [0.1, 0.15) is 16.8 Å². The van der Waals surface area contributed by atoms with Gasteiger partial charge < -0.3 is 10.1 Å². The van der Waals surface area contributed by atoms with Gasteiger partial charge in [0.2, 0.25) is 0 Å². The number of nitrogens with zero attached hydrogens (tertiary/aromatic N) is 3. The molecule has 0 saturated heterocycles. The van der Waals surface area contributed by atoms with E-state index in [1.807, 2.05) is 75.4 Å². The summed E-state index contributed by atoms with van der Waals surface area (Å²) in [6, 6.07) is 23.8. The third-order valence-corrected chi connectivity index (χ3v) is 5.90. The number of aromatic nitrogens is 3. The average molecular weight is 437 g/mol. The molecule has 1 aromatic heterocycles. The molecule has 0 atom stereocenters. The summed E-state index contributed by atoms with van der Waals surface area (Å²) in [7, 11) is 0. The minimum absolute atomic E-state index is 0.0650. The lowest BCUT2D eigenvalue weighted by Gasteiger charge is -2.12. The van der Waals surface area contributed by atoms with E-state index in [0.29, 0.717) is 11.2 Å². The Balaban J connectivity index is 1.39. The number of fused-ring (bicyclic) bond motifs is 2. The third kappa shape index (κ3) is 4.03. The lowest BCUT2D eigenvalue weighted by molar-refractivity contribution is -0.118. The summed E-state index contributed by atoms with van der Waals surface area (Å²) in [4.78, 5) is 14.2. The zero-order valence-electron chi connectivity index (χ0n) is 18.8. The van der Waals surface area contributed by atoms with Crippen molar-refractivity contribution >= 4 is 33.4 Å². The van der Waals surface area contributed by atoms with Crippen LogP contribution in [0.4, 0.5) is 5.69 Å². The molecule has 0 saturated carbocycles. The highest BCUT2D eigenvalue weighted by Crippen LogP contribution is 2.25. The van der Waals surface area contributed by atoms with E-state index < -0.39 is 0 Å². The van der Waals surface area contributed by atoms with E-state index in [0.717, 1.165) is 44.4 Å². The van der Waals surface area contributed by atoms with E-state index in [-0.39, 0.29) is 12.5 Å². The van der Waals surface area contributed by atoms with E-state index in [4.69, 9.17) is 4.74 Å². The minimum Gasteiger partial charge on any atom is -0.483 e. The van der Waals surface area contributed by atoms with Crippen LogP contribution in [-0.2, 0) is 4.79 Å². The molecule has 6 heteroatoms. The number of carbonyl (C=O) groups excluding carboxylic acids is 1. The summed E-state index contributed by atoms with van der Waals surface area (Å²) in [5, 5.41) is 14.5. The minimum atomic E-state index is -0.222. The van der Waals surface area contributed by atoms with Gasteiger partial charge in [0.15, 0.2) is 6.61 Å². The lowest BCUT2D eigenvalue weighted by Crippen LogP contribution is -2.21. The first-order valence-corrected chi connectivity index (χ1v) is 10.8. The first kappa shape index (κ1) is 20.7. The molecule has 0 unspecified atom stereocenters. The van der Waals surface area contributed by atoms with Crippen molar-refractivity contribution in [2.24, 2.45) is 0 Å². The van der Waals surface area contributed by atoms with E-state index in [2.05, 4.69) is 33.7 Å². The molecule has 1 N–H and O–H groups in total. The molecule has 0 bridgehead atoms. The molecular weight excluding hydrogens is 412 g/mol. The fourth-order valence-corrected chi connectivity index (χ4v) is 3.90. The second-order valence-electron chi connectivity index (χ2n) is 8.18. The van der Waals surface area contributed by atoms with Crippen LogP contribution in [0, 0.1) is 20.8 Å². The predicted octanol–water partition coefficient (Wildman–Crippen LogP) is 5.52. The van der Waals surface area contributed by atoms with Crippen LogP contribution in [0.1, 0.15) is 16.7 Å². The zero-order valence-corrected chi connectivity index (χ0v) is 18.8. The van der Waals surface area contributed by atoms with Gasteiger partial charge in [-0.15, -0.1) is 15.0 Å². The second kappa shape index (κ2) is 8.39. The third-order valence-electron chi connectivity index (χ3n) is 5.90. The van der Waals surface area contributed by atoms with Crippen LogP contribution in [0.3, 0.4) is 0 Å². The van der Waals surface area contributed by atoms with E-state index in [9.17, 15) is 4.79 Å². The van der Waals surface area contributed by atoms with Gasteiger partial charge in [0.25, 0.3) is 5.91 Å². The van der Waals surface area contributed by atoms with Crippen molar-refractivity contribution in [3.8, 4) is 11.4 Å². The van der Waals surface area contributed by atoms with Crippen LogP contribution in [-0.4, -0.2) is 27.5 Å². The number of ether oxygens (including phenoxy) is 1. The molecule has 5 rings (SSSR count). The molecule has 1 heterocycles. The monoisotopic (exact) mass is 436 g/mol. The molecule has 0 aliphatic heterocycles. The first-order valence-electron chi connectivity index (χ1n) is 10.8. The van der Waals surface area contributed by atoms with E-state index in [1.54, 1.807) is 4.80 Å². The fourth-order valence-electron chi connectivity index (χ4n) is 3.90. The Morgan fingerprint density at radius 2 is 1.61 bits per heavy atom. The summed E-state index contributed by atoms with van der Waals surface area (Å²) in [6.45, 7) is 5.88. The Hall–Kier alpha value is -4.19. The van der Waals surface area contributed by atoms with Gasteiger partial charge in [-0.05, 0) is 67.1 Å². The number of hydrogen-bond donors (Lipinski definition) is 1. The Labute approximate surface area is 191 Å². The molecule has 33 heavy (non-hydrogen) atoms. The molecule has 0 fully saturated rings. The fraction of sp³-hybridized carbons (Fsp3) is 0.148. The maximum Gasteiger partial charge on any atom is 0.262 e. The van der Waals surface area contributed by atoms with Gasteiger partial charge in [-0.25, -0.2) is 0 Å². The number of amides is 1. The highest BCUT2D eigenvalue weighted by molar-refractivity contribution is 5.95. The number of nitrogens with one attached hydrogen (secondary N) is 1. The van der Waals surface area contributed by atoms with Gasteiger partial charge in [0, 0.05) is 11.1 Å². The van der Waals surface area contributed by atoms with Crippen LogP contribution < -0.4 is 10.1 Å². The second-order valence-corrected chi connectivity index (χ2v) is 8.18. The molecule has 6 nitrogen and oxygen atoms in total. The van der Waals surface area contributed by atoms with Gasteiger partial charge in [-0.2, -0.15) is 0 Å². The molecule has 0 radical (unpaired) electrons. The van der Waals surface area contributed by atoms with Crippen molar-refractivity contribution < 1.29 is 9.53 Å². The molecule has 0 aliphatic rings. The first-order chi connectivity index (χ1) is 16.0. The number of carbonyl (C=O) groups is 1. The Morgan fingerprint density at radius 3 is 2.45 bits per heavy atom. The summed E-state index contributed by atoms with van der Waals surface area (Å²) >= 11 is 0. The van der Waals surface area contributed by atoms with E-state index >= 15 is 0 Å². The van der Waals surface area contributed by atoms with Crippen molar-refractivity contribution in [1.29, 1.82) is 0 Å². The predicted molar refractivity (Wildman–Crippen MR) is 131 cm³/mol. The number of anilines is 1. The smallest absolute Gasteiger partial charge is 0.262 e. The summed E-state index contributed by atoms with van der Waals surface area (Å²) in [5.41, 5.74) is 6.16. The van der Waals surface area contributed by atoms with Gasteiger partial charge in [0.05, 0.1) is 5.69 Å². The van der Waals surface area contributed by atoms with Crippen LogP contribution in [0.25, 0.3) is 27.5 Å². The Morgan fingerprint density at radius 1 is 0.879 bits per heavy atom. The summed E-state index contributed by atoms with van der Waals surface area (Å²) < 4.78 is 5.74. The standard InChI is InChI=1S/C27H24N4O2/c1-17-8-6-13-26(19(17)3)33-16-27(32)28-22-15-24-23(14-18(22)2)29-31(30-24)25-12-7-10-20-9-4-5-11-21(20)25/h4-15H,16H2,1-3H3,(H,28,32). The molecule has 164 valence electrons. The lowest BCUT2D eigenvalue weighted by atomic mass is 10.1. The average Bonchev–Trinajstić information content (AvgIpc) is 3.22.